The molecule has 5 nitrogen and oxygen atoms in total. The van der Waals surface area contributed by atoms with Gasteiger partial charge in [0.15, 0.2) is 0 Å². The van der Waals surface area contributed by atoms with Crippen LogP contribution in [-0.2, 0) is 9.53 Å². The zero-order valence-corrected chi connectivity index (χ0v) is 11.9. The Morgan fingerprint density at radius 1 is 1.44 bits per heavy atom. The third-order valence-corrected chi connectivity index (χ3v) is 3.41. The molecule has 2 N–H and O–H groups in total. The fraction of sp³-hybridized carbons (Fsp3) is 0.923. The molecule has 1 heterocycles. The van der Waals surface area contributed by atoms with Crippen molar-refractivity contribution in [2.75, 3.05) is 53.5 Å². The first-order valence-corrected chi connectivity index (χ1v) is 6.79. The second-order valence-electron chi connectivity index (χ2n) is 5.28. The first-order chi connectivity index (χ1) is 8.63. The summed E-state index contributed by atoms with van der Waals surface area (Å²) in [6, 6.07) is 0. The first-order valence-electron chi connectivity index (χ1n) is 6.79. The summed E-state index contributed by atoms with van der Waals surface area (Å²) in [4.78, 5) is 14.1. The summed E-state index contributed by atoms with van der Waals surface area (Å²) < 4.78 is 5.01. The van der Waals surface area contributed by atoms with Gasteiger partial charge < -0.3 is 20.3 Å². The van der Waals surface area contributed by atoms with Crippen LogP contribution < -0.4 is 10.6 Å². The van der Waals surface area contributed by atoms with Gasteiger partial charge in [-0.1, -0.05) is 6.92 Å². The van der Waals surface area contributed by atoms with Crippen molar-refractivity contribution in [3.05, 3.63) is 0 Å². The standard InChI is InChI=1S/C13H27N3O2/c1-11-8-12(10-14-9-11)13(17)15-4-5-16(2)6-7-18-3/h11-12,14H,4-10H2,1-3H3,(H,15,17). The average Bonchev–Trinajstić information content (AvgIpc) is 2.36. The lowest BCUT2D eigenvalue weighted by Gasteiger charge is -2.27. The van der Waals surface area contributed by atoms with E-state index in [4.69, 9.17) is 4.74 Å². The van der Waals surface area contributed by atoms with Crippen LogP contribution in [0.25, 0.3) is 0 Å². The van der Waals surface area contributed by atoms with Gasteiger partial charge in [0, 0.05) is 33.3 Å². The fourth-order valence-electron chi connectivity index (χ4n) is 2.23. The van der Waals surface area contributed by atoms with Crippen LogP contribution in [0.5, 0.6) is 0 Å². The number of hydrogen-bond donors (Lipinski definition) is 2. The van der Waals surface area contributed by atoms with Crippen molar-refractivity contribution in [3.63, 3.8) is 0 Å². The molecule has 0 aromatic rings. The number of rotatable bonds is 7. The minimum absolute atomic E-state index is 0.137. The second-order valence-corrected chi connectivity index (χ2v) is 5.28. The Kier molecular flexibility index (Phi) is 7.23. The van der Waals surface area contributed by atoms with Gasteiger partial charge in [0.05, 0.1) is 12.5 Å². The lowest BCUT2D eigenvalue weighted by atomic mass is 9.91. The van der Waals surface area contributed by atoms with E-state index in [2.05, 4.69) is 22.5 Å². The predicted octanol–water partition coefficient (Wildman–Crippen LogP) is -0.0736. The average molecular weight is 257 g/mol. The summed E-state index contributed by atoms with van der Waals surface area (Å²) in [5, 5.41) is 6.32. The maximum Gasteiger partial charge on any atom is 0.224 e. The molecule has 1 amide bonds. The Morgan fingerprint density at radius 3 is 2.89 bits per heavy atom. The largest absolute Gasteiger partial charge is 0.383 e. The van der Waals surface area contributed by atoms with Crippen molar-refractivity contribution in [2.24, 2.45) is 11.8 Å². The topological polar surface area (TPSA) is 53.6 Å². The van der Waals surface area contributed by atoms with Crippen molar-refractivity contribution in [1.29, 1.82) is 0 Å². The molecule has 0 spiro atoms. The highest BCUT2D eigenvalue weighted by atomic mass is 16.5. The van der Waals surface area contributed by atoms with Gasteiger partial charge in [-0.3, -0.25) is 4.79 Å². The molecule has 1 rings (SSSR count). The fourth-order valence-corrected chi connectivity index (χ4v) is 2.23. The van der Waals surface area contributed by atoms with Crippen LogP contribution in [0.3, 0.4) is 0 Å². The van der Waals surface area contributed by atoms with Gasteiger partial charge in [-0.25, -0.2) is 0 Å². The van der Waals surface area contributed by atoms with Crippen LogP contribution in [-0.4, -0.2) is 64.3 Å². The molecular formula is C13H27N3O2. The number of ether oxygens (including phenoxy) is 1. The zero-order chi connectivity index (χ0) is 13.4. The zero-order valence-electron chi connectivity index (χ0n) is 11.9. The summed E-state index contributed by atoms with van der Waals surface area (Å²) >= 11 is 0. The summed E-state index contributed by atoms with van der Waals surface area (Å²) in [6.07, 6.45) is 0.998. The Balaban J connectivity index is 2.12. The number of piperidine rings is 1. The lowest BCUT2D eigenvalue weighted by molar-refractivity contribution is -0.125. The Morgan fingerprint density at radius 2 is 2.22 bits per heavy atom. The highest BCUT2D eigenvalue weighted by Crippen LogP contribution is 2.15. The molecule has 0 radical (unpaired) electrons. The van der Waals surface area contributed by atoms with Gasteiger partial charge >= 0.3 is 0 Å². The molecule has 0 bridgehead atoms. The number of amides is 1. The van der Waals surface area contributed by atoms with Crippen molar-refractivity contribution in [2.45, 2.75) is 13.3 Å². The van der Waals surface area contributed by atoms with E-state index in [1.165, 1.54) is 0 Å². The van der Waals surface area contributed by atoms with E-state index in [1.807, 2.05) is 7.05 Å². The Labute approximate surface area is 110 Å². The summed E-state index contributed by atoms with van der Waals surface area (Å²) in [5.41, 5.74) is 0. The lowest BCUT2D eigenvalue weighted by Crippen LogP contribution is -2.45. The number of nitrogens with zero attached hydrogens (tertiary/aromatic N) is 1. The summed E-state index contributed by atoms with van der Waals surface area (Å²) in [6.45, 7) is 7.24. The van der Waals surface area contributed by atoms with Crippen LogP contribution in [0.4, 0.5) is 0 Å². The monoisotopic (exact) mass is 257 g/mol. The molecular weight excluding hydrogens is 230 g/mol. The molecule has 0 aromatic carbocycles. The molecule has 0 aromatic heterocycles. The molecule has 1 fully saturated rings. The molecule has 106 valence electrons. The van der Waals surface area contributed by atoms with Gasteiger partial charge in [0.25, 0.3) is 0 Å². The van der Waals surface area contributed by atoms with Gasteiger partial charge in [0.1, 0.15) is 0 Å². The second kappa shape index (κ2) is 8.45. The van der Waals surface area contributed by atoms with Crippen LogP contribution in [0, 0.1) is 11.8 Å². The molecule has 2 unspecified atom stereocenters. The SMILES string of the molecule is COCCN(C)CCNC(=O)C1CNCC(C)C1. The number of nitrogens with one attached hydrogen (secondary N) is 2. The summed E-state index contributed by atoms with van der Waals surface area (Å²) in [7, 11) is 3.74. The van der Waals surface area contributed by atoms with Crippen molar-refractivity contribution in [3.8, 4) is 0 Å². The van der Waals surface area contributed by atoms with Gasteiger partial charge in [-0.05, 0) is 25.9 Å². The van der Waals surface area contributed by atoms with Crippen LogP contribution in [0.15, 0.2) is 0 Å². The number of methoxy groups -OCH3 is 1. The number of carbonyl (C=O) groups is 1. The third kappa shape index (κ3) is 5.80. The molecule has 18 heavy (non-hydrogen) atoms. The van der Waals surface area contributed by atoms with E-state index >= 15 is 0 Å². The van der Waals surface area contributed by atoms with Crippen LogP contribution >= 0.6 is 0 Å². The van der Waals surface area contributed by atoms with E-state index < -0.39 is 0 Å². The molecule has 1 saturated heterocycles. The van der Waals surface area contributed by atoms with Crippen LogP contribution in [0.1, 0.15) is 13.3 Å². The van der Waals surface area contributed by atoms with Crippen molar-refractivity contribution in [1.82, 2.24) is 15.5 Å². The minimum Gasteiger partial charge on any atom is -0.383 e. The maximum absolute atomic E-state index is 11.9. The van der Waals surface area contributed by atoms with E-state index in [0.717, 1.165) is 39.2 Å². The van der Waals surface area contributed by atoms with E-state index in [1.54, 1.807) is 7.11 Å². The molecule has 2 atom stereocenters. The molecule has 1 aliphatic heterocycles. The quantitative estimate of drug-likeness (QED) is 0.670. The Bertz CT molecular complexity index is 248. The highest BCUT2D eigenvalue weighted by Gasteiger charge is 2.24. The van der Waals surface area contributed by atoms with Gasteiger partial charge in [-0.15, -0.1) is 0 Å². The minimum atomic E-state index is 0.137. The van der Waals surface area contributed by atoms with E-state index in [0.29, 0.717) is 12.5 Å². The van der Waals surface area contributed by atoms with Crippen LogP contribution in [0.2, 0.25) is 0 Å². The van der Waals surface area contributed by atoms with Gasteiger partial charge in [-0.2, -0.15) is 0 Å². The van der Waals surface area contributed by atoms with E-state index in [-0.39, 0.29) is 11.8 Å². The predicted molar refractivity (Wildman–Crippen MR) is 72.5 cm³/mol. The Hall–Kier alpha value is -0.650. The third-order valence-electron chi connectivity index (χ3n) is 3.41. The van der Waals surface area contributed by atoms with Crippen molar-refractivity contribution < 1.29 is 9.53 Å². The van der Waals surface area contributed by atoms with Gasteiger partial charge in [0.2, 0.25) is 5.91 Å². The highest BCUT2D eigenvalue weighted by molar-refractivity contribution is 5.79. The van der Waals surface area contributed by atoms with Crippen molar-refractivity contribution >= 4 is 5.91 Å². The number of likely N-dealkylation sites (N-methyl/N-ethyl adjacent to an activating group) is 1. The normalized spacial score (nSPS) is 24.2. The molecule has 0 aliphatic carbocycles. The van der Waals surface area contributed by atoms with E-state index in [9.17, 15) is 4.79 Å². The molecule has 0 saturated carbocycles. The summed E-state index contributed by atoms with van der Waals surface area (Å²) in [5.74, 6) is 0.922. The molecule has 5 heteroatoms. The molecule has 1 aliphatic rings. The smallest absolute Gasteiger partial charge is 0.224 e. The number of carbonyl (C=O) groups excluding carboxylic acids is 1. The first kappa shape index (κ1) is 15.4. The number of hydrogen-bond acceptors (Lipinski definition) is 4. The maximum atomic E-state index is 11.9.